The number of quaternary nitrogens is 1. The molecule has 0 amide bonds. The van der Waals surface area contributed by atoms with Crippen LogP contribution in [0.1, 0.15) is 22.3 Å². The highest BCUT2D eigenvalue weighted by molar-refractivity contribution is 6.13. The molecule has 388 valence electrons. The second-order valence-corrected chi connectivity index (χ2v) is 22.7. The summed E-state index contributed by atoms with van der Waals surface area (Å²) in [5.74, 6) is 0. The Labute approximate surface area is 490 Å². The predicted molar refractivity (Wildman–Crippen MR) is 341 cm³/mol. The fourth-order valence-electron chi connectivity index (χ4n) is 14.2. The van der Waals surface area contributed by atoms with Gasteiger partial charge in [-0.25, -0.2) is 0 Å². The van der Waals surface area contributed by atoms with Crippen molar-refractivity contribution in [1.29, 1.82) is 0 Å². The van der Waals surface area contributed by atoms with E-state index in [0.29, 0.717) is 0 Å². The van der Waals surface area contributed by atoms with Crippen molar-refractivity contribution < 1.29 is 21.5 Å². The SMILES string of the molecule is [Br-].c1ccc(-c2cc(-c3ccccc3)cc(-c3cc4ccccc4c4c3C[N+]3(Cc5ccc6ccccc6c5-c5c(ccc6ccccc56)C3)Cc3c(-c5cc(-c6ccccc6)cc(-c6ccccc6)c5)cc5ccccc5c3-4)c2)cc1. The van der Waals surface area contributed by atoms with Gasteiger partial charge in [-0.05, 0) is 170 Å². The number of hydrogen-bond acceptors (Lipinski definition) is 0. The predicted octanol–water partition coefficient (Wildman–Crippen LogP) is 18.2. The quantitative estimate of drug-likeness (QED) is 0.146. The molecule has 0 aliphatic carbocycles. The minimum absolute atomic E-state index is 0. The monoisotopic (exact) mass is 1110 g/mol. The second-order valence-electron chi connectivity index (χ2n) is 22.7. The van der Waals surface area contributed by atoms with E-state index in [0.717, 1.165) is 30.7 Å². The molecule has 2 heterocycles. The third-order valence-electron chi connectivity index (χ3n) is 17.8. The maximum absolute atomic E-state index is 2.54. The molecule has 14 aromatic carbocycles. The van der Waals surface area contributed by atoms with Gasteiger partial charge in [0.1, 0.15) is 26.2 Å². The summed E-state index contributed by atoms with van der Waals surface area (Å²) in [4.78, 5) is 0. The molecule has 0 radical (unpaired) electrons. The lowest BCUT2D eigenvalue weighted by Crippen LogP contribution is -3.00. The number of rotatable bonds is 6. The molecule has 16 rings (SSSR count). The Morgan fingerprint density at radius 3 is 0.829 bits per heavy atom. The number of hydrogen-bond donors (Lipinski definition) is 0. The first-order chi connectivity index (χ1) is 40.1. The van der Waals surface area contributed by atoms with Crippen molar-refractivity contribution in [2.24, 2.45) is 0 Å². The first kappa shape index (κ1) is 49.6. The molecule has 0 saturated heterocycles. The summed E-state index contributed by atoms with van der Waals surface area (Å²) in [5.41, 5.74) is 25.8. The molecule has 0 unspecified atom stereocenters. The van der Waals surface area contributed by atoms with E-state index in [1.807, 2.05) is 0 Å². The molecule has 1 spiro atoms. The summed E-state index contributed by atoms with van der Waals surface area (Å²) < 4.78 is 0.793. The lowest BCUT2D eigenvalue weighted by molar-refractivity contribution is -0.977. The summed E-state index contributed by atoms with van der Waals surface area (Å²) in [6, 6.07) is 110. The third-order valence-corrected chi connectivity index (χ3v) is 17.8. The van der Waals surface area contributed by atoms with Gasteiger partial charge < -0.3 is 21.5 Å². The molecule has 0 N–H and O–H groups in total. The van der Waals surface area contributed by atoms with Crippen molar-refractivity contribution in [3.05, 3.63) is 313 Å². The Morgan fingerprint density at radius 1 is 0.207 bits per heavy atom. The van der Waals surface area contributed by atoms with Gasteiger partial charge in [0.2, 0.25) is 0 Å². The van der Waals surface area contributed by atoms with Crippen molar-refractivity contribution in [3.8, 4) is 89.0 Å². The highest BCUT2D eigenvalue weighted by Gasteiger charge is 2.42. The lowest BCUT2D eigenvalue weighted by atomic mass is 9.81. The summed E-state index contributed by atoms with van der Waals surface area (Å²) in [6.45, 7) is 3.32. The fraction of sp³-hybridized carbons (Fsp3) is 0.0500. The van der Waals surface area contributed by atoms with E-state index in [9.17, 15) is 0 Å². The zero-order chi connectivity index (χ0) is 53.4. The summed E-state index contributed by atoms with van der Waals surface area (Å²) in [5, 5.41) is 10.3. The van der Waals surface area contributed by atoms with Crippen LogP contribution in [0.2, 0.25) is 0 Å². The van der Waals surface area contributed by atoms with Crippen LogP contribution in [-0.2, 0) is 26.2 Å². The molecule has 2 aliphatic rings. The van der Waals surface area contributed by atoms with Gasteiger partial charge >= 0.3 is 0 Å². The third kappa shape index (κ3) is 8.49. The number of benzene rings is 14. The van der Waals surface area contributed by atoms with Crippen molar-refractivity contribution in [2.75, 3.05) is 0 Å². The molecular weight excluding hydrogens is 1050 g/mol. The molecule has 0 aromatic heterocycles. The Hall–Kier alpha value is -9.44. The smallest absolute Gasteiger partial charge is 0.106 e. The van der Waals surface area contributed by atoms with Gasteiger partial charge in [0.05, 0.1) is 0 Å². The maximum atomic E-state index is 2.54. The van der Waals surface area contributed by atoms with Crippen LogP contribution in [-0.4, -0.2) is 4.48 Å². The standard InChI is InChI=1S/C80H56N.BrH/c1-5-21-53(22-6-1)63-41-64(54-23-7-2-8-24-54)44-67(43-63)73-47-59-31-15-19-35-71(59)79-75(73)51-81(49-61-39-37-57-29-13-17-33-69(57)77(61)78-62(50-81)40-38-58-30-14-18-34-70(58)78)52-76-74(48-60-32-16-20-36-72(60)80(76)79)68-45-65(55-25-9-3-10-26-55)42-66(46-68)56-27-11-4-12-28-56;/h1-48H,49-52H2;1H/q+1;/p-1. The van der Waals surface area contributed by atoms with Crippen LogP contribution < -0.4 is 17.0 Å². The van der Waals surface area contributed by atoms with E-state index in [4.69, 9.17) is 0 Å². The Balaban J connectivity index is 0.00000576. The Kier molecular flexibility index (Phi) is 12.3. The van der Waals surface area contributed by atoms with Gasteiger partial charge in [-0.2, -0.15) is 0 Å². The molecule has 0 saturated carbocycles. The molecule has 0 fully saturated rings. The molecule has 14 aromatic rings. The number of nitrogens with zero attached hydrogens (tertiary/aromatic N) is 1. The molecule has 0 bridgehead atoms. The van der Waals surface area contributed by atoms with Gasteiger partial charge in [0, 0.05) is 33.4 Å². The van der Waals surface area contributed by atoms with Gasteiger partial charge in [0.25, 0.3) is 0 Å². The van der Waals surface area contributed by atoms with Crippen LogP contribution in [0.25, 0.3) is 132 Å². The zero-order valence-electron chi connectivity index (χ0n) is 45.4. The van der Waals surface area contributed by atoms with Crippen LogP contribution >= 0.6 is 0 Å². The van der Waals surface area contributed by atoms with Gasteiger partial charge in [-0.3, -0.25) is 0 Å². The van der Waals surface area contributed by atoms with Crippen LogP contribution in [0.3, 0.4) is 0 Å². The van der Waals surface area contributed by atoms with E-state index in [1.165, 1.54) is 154 Å². The summed E-state index contributed by atoms with van der Waals surface area (Å²) in [7, 11) is 0. The van der Waals surface area contributed by atoms with Crippen LogP contribution in [0.5, 0.6) is 0 Å². The molecule has 82 heavy (non-hydrogen) atoms. The van der Waals surface area contributed by atoms with Crippen molar-refractivity contribution >= 4 is 43.1 Å². The minimum Gasteiger partial charge on any atom is -1.00 e. The zero-order valence-corrected chi connectivity index (χ0v) is 47.0. The normalized spacial score (nSPS) is 13.2. The average molecular weight is 1110 g/mol. The van der Waals surface area contributed by atoms with Crippen LogP contribution in [0.15, 0.2) is 291 Å². The van der Waals surface area contributed by atoms with E-state index in [2.05, 4.69) is 291 Å². The van der Waals surface area contributed by atoms with E-state index < -0.39 is 0 Å². The first-order valence-corrected chi connectivity index (χ1v) is 28.6. The van der Waals surface area contributed by atoms with E-state index >= 15 is 0 Å². The average Bonchev–Trinajstić information content (AvgIpc) is 2.99. The fourth-order valence-corrected chi connectivity index (χ4v) is 14.2. The molecule has 2 heteroatoms. The highest BCUT2D eigenvalue weighted by Crippen LogP contribution is 2.54. The lowest BCUT2D eigenvalue weighted by Gasteiger charge is -2.39. The van der Waals surface area contributed by atoms with Crippen LogP contribution in [0.4, 0.5) is 0 Å². The van der Waals surface area contributed by atoms with Crippen molar-refractivity contribution in [3.63, 3.8) is 0 Å². The molecule has 1 nitrogen and oxygen atoms in total. The van der Waals surface area contributed by atoms with Gasteiger partial charge in [-0.1, -0.05) is 243 Å². The van der Waals surface area contributed by atoms with Gasteiger partial charge in [0.15, 0.2) is 0 Å². The molecule has 0 atom stereocenters. The Morgan fingerprint density at radius 2 is 0.488 bits per heavy atom. The van der Waals surface area contributed by atoms with Crippen molar-refractivity contribution in [1.82, 2.24) is 0 Å². The largest absolute Gasteiger partial charge is 1.00 e. The summed E-state index contributed by atoms with van der Waals surface area (Å²) in [6.07, 6.45) is 0. The maximum Gasteiger partial charge on any atom is 0.106 e. The summed E-state index contributed by atoms with van der Waals surface area (Å²) >= 11 is 0. The first-order valence-electron chi connectivity index (χ1n) is 28.6. The second kappa shape index (κ2) is 20.3. The topological polar surface area (TPSA) is 0 Å². The van der Waals surface area contributed by atoms with E-state index in [1.54, 1.807) is 0 Å². The number of fused-ring (bicyclic) bond motifs is 14. The number of halogens is 1. The van der Waals surface area contributed by atoms with Crippen LogP contribution in [0, 0.1) is 0 Å². The van der Waals surface area contributed by atoms with Crippen molar-refractivity contribution in [2.45, 2.75) is 26.2 Å². The van der Waals surface area contributed by atoms with Gasteiger partial charge in [-0.15, -0.1) is 0 Å². The Bertz CT molecular complexity index is 4370. The van der Waals surface area contributed by atoms with E-state index in [-0.39, 0.29) is 17.0 Å². The molecular formula is C80H56BrN. The molecule has 2 aliphatic heterocycles. The minimum atomic E-state index is 0. The highest BCUT2D eigenvalue weighted by atomic mass is 79.9.